The second-order valence-corrected chi connectivity index (χ2v) is 9.43. The van der Waals surface area contributed by atoms with Crippen LogP contribution < -0.4 is 0 Å². The van der Waals surface area contributed by atoms with Gasteiger partial charge in [0, 0.05) is 49.4 Å². The zero-order valence-electron chi connectivity index (χ0n) is 14.0. The zero-order chi connectivity index (χ0) is 19.2. The Morgan fingerprint density at radius 2 is 1.42 bits per heavy atom. The Balaban J connectivity index is 0. The van der Waals surface area contributed by atoms with Crippen molar-refractivity contribution in [3.05, 3.63) is 58.1 Å². The predicted molar refractivity (Wildman–Crippen MR) is 121 cm³/mol. The van der Waals surface area contributed by atoms with Crippen LogP contribution in [0.4, 0.5) is 0 Å². The van der Waals surface area contributed by atoms with Crippen LogP contribution in [-0.4, -0.2) is 39.4 Å². The maximum atomic E-state index is 10.7. The zero-order valence-corrected chi connectivity index (χ0v) is 19.5. The Kier molecular flexibility index (Phi) is 19.1. The second-order valence-electron chi connectivity index (χ2n) is 4.38. The molecule has 143 valence electrons. The largest absolute Gasteiger partial charge is 0.260 e. The first-order valence-electron chi connectivity index (χ1n) is 6.66. The lowest BCUT2D eigenvalue weighted by Crippen LogP contribution is -1.92. The molecule has 3 radical (unpaired) electrons. The highest BCUT2D eigenvalue weighted by Gasteiger charge is 1.95. The van der Waals surface area contributed by atoms with Gasteiger partial charge in [0.25, 0.3) is 0 Å². The molecule has 0 aliphatic rings. The van der Waals surface area contributed by atoms with Crippen LogP contribution in [0.5, 0.6) is 0 Å². The topological polar surface area (TPSA) is 42.9 Å². The molecule has 1 unspecified atom stereocenters. The molecule has 0 saturated heterocycles. The van der Waals surface area contributed by atoms with E-state index in [1.54, 1.807) is 36.5 Å². The number of nitrogens with zero attached hydrogens (tertiary/aromatic N) is 2. The van der Waals surface area contributed by atoms with Gasteiger partial charge in [-0.15, -0.1) is 0 Å². The molecule has 0 bridgehead atoms. The van der Waals surface area contributed by atoms with Crippen LogP contribution in [0.25, 0.3) is 0 Å². The smallest absolute Gasteiger partial charge is 0.180 e. The number of alkyl halides is 3. The number of rotatable bonds is 4. The first kappa shape index (κ1) is 28.5. The summed E-state index contributed by atoms with van der Waals surface area (Å²) >= 11 is 27.3. The van der Waals surface area contributed by atoms with Crippen LogP contribution in [-0.2, 0) is 22.3 Å². The molecular weight excluding hydrogens is 476 g/mol. The lowest BCUT2D eigenvalue weighted by atomic mass is 10.3. The third kappa shape index (κ3) is 17.7. The fraction of sp³-hybridized carbons (Fsp3) is 0.333. The van der Waals surface area contributed by atoms with Gasteiger partial charge < -0.3 is 0 Å². The monoisotopic (exact) mass is 491 g/mol. The normalized spacial score (nSPS) is 10.6. The first-order chi connectivity index (χ1) is 11.7. The van der Waals surface area contributed by atoms with Crippen LogP contribution >= 0.6 is 69.8 Å². The van der Waals surface area contributed by atoms with Crippen molar-refractivity contribution >= 4 is 89.0 Å². The predicted octanol–water partition coefficient (Wildman–Crippen LogP) is 5.82. The molecule has 0 spiro atoms. The quantitative estimate of drug-likeness (QED) is 0.306. The summed E-state index contributed by atoms with van der Waals surface area (Å²) in [5, 5.41) is 1.03. The molecule has 11 heteroatoms. The van der Waals surface area contributed by atoms with Gasteiger partial charge in [-0.1, -0.05) is 70.1 Å². The Labute approximate surface area is 188 Å². The van der Waals surface area contributed by atoms with E-state index in [1.807, 2.05) is 18.2 Å². The minimum atomic E-state index is -0.806. The van der Waals surface area contributed by atoms with E-state index in [2.05, 4.69) is 16.2 Å². The van der Waals surface area contributed by atoms with E-state index < -0.39 is 15.1 Å². The number of aromatic nitrogens is 2. The molecule has 2 heterocycles. The first-order valence-corrected chi connectivity index (χ1v) is 11.8. The van der Waals surface area contributed by atoms with Crippen molar-refractivity contribution in [2.24, 2.45) is 0 Å². The fourth-order valence-corrected chi connectivity index (χ4v) is 2.75. The molecule has 0 aliphatic carbocycles. The van der Waals surface area contributed by atoms with Crippen molar-refractivity contribution in [1.29, 1.82) is 0 Å². The summed E-state index contributed by atoms with van der Waals surface area (Å²) in [6, 6.07) is 7.33. The highest BCUT2D eigenvalue weighted by molar-refractivity contribution is 7.97. The lowest BCUT2D eigenvalue weighted by Gasteiger charge is -1.95. The van der Waals surface area contributed by atoms with Crippen molar-refractivity contribution in [3.8, 4) is 0 Å². The SMILES string of the molecule is CS(=O)Cc1ccc(Cl)nc1.CSCc1ccc(Cl)nc1.ClC(Cl)Cl.[B]. The molecule has 1 atom stereocenters. The standard InChI is InChI=1S/C7H8ClNOS.C7H8ClNS.CHCl3.B/c1-11(10)5-6-2-3-7(8)9-4-6;1-10-5-6-2-3-7(8)9-4-6;2-1(3)4;/h2-4H,5H2,1H3;2-4H,5H2,1H3;1H;. The Morgan fingerprint density at radius 1 is 1.00 bits per heavy atom. The molecule has 2 aromatic rings. The molecule has 0 aliphatic heterocycles. The molecule has 0 N–H and O–H groups in total. The van der Waals surface area contributed by atoms with E-state index in [-0.39, 0.29) is 8.41 Å². The summed E-state index contributed by atoms with van der Waals surface area (Å²) < 4.78 is 10.00. The minimum absolute atomic E-state index is 0. The van der Waals surface area contributed by atoms with E-state index in [1.165, 1.54) is 5.56 Å². The van der Waals surface area contributed by atoms with E-state index in [4.69, 9.17) is 58.0 Å². The molecule has 0 amide bonds. The number of hydrogen-bond donors (Lipinski definition) is 0. The number of thioether (sulfide) groups is 1. The lowest BCUT2D eigenvalue weighted by molar-refractivity contribution is 0.686. The van der Waals surface area contributed by atoms with Crippen LogP contribution in [0.2, 0.25) is 10.3 Å². The Hall–Kier alpha value is 0.315. The van der Waals surface area contributed by atoms with Crippen molar-refractivity contribution in [3.63, 3.8) is 0 Å². The average molecular weight is 494 g/mol. The molecule has 3 nitrogen and oxygen atoms in total. The van der Waals surface area contributed by atoms with Gasteiger partial charge in [0.05, 0.1) is 0 Å². The van der Waals surface area contributed by atoms with E-state index in [0.29, 0.717) is 16.1 Å². The molecule has 0 saturated carbocycles. The maximum Gasteiger partial charge on any atom is 0.180 e. The van der Waals surface area contributed by atoms with Gasteiger partial charge in [-0.25, -0.2) is 9.97 Å². The van der Waals surface area contributed by atoms with Gasteiger partial charge in [0.1, 0.15) is 10.3 Å². The summed E-state index contributed by atoms with van der Waals surface area (Å²) in [5.41, 5.74) is 2.17. The molecule has 0 aromatic carbocycles. The van der Waals surface area contributed by atoms with Gasteiger partial charge in [-0.2, -0.15) is 11.8 Å². The summed E-state index contributed by atoms with van der Waals surface area (Å²) in [6.07, 6.45) is 7.17. The van der Waals surface area contributed by atoms with Crippen LogP contribution in [0.15, 0.2) is 36.7 Å². The molecule has 2 aromatic heterocycles. The van der Waals surface area contributed by atoms with Gasteiger partial charge in [0.2, 0.25) is 0 Å². The highest BCUT2D eigenvalue weighted by Crippen LogP contribution is 2.10. The van der Waals surface area contributed by atoms with Gasteiger partial charge in [0.15, 0.2) is 4.30 Å². The highest BCUT2D eigenvalue weighted by atomic mass is 35.6. The number of hydrogen-bond acceptors (Lipinski definition) is 4. The van der Waals surface area contributed by atoms with E-state index in [0.717, 1.165) is 11.3 Å². The summed E-state index contributed by atoms with van der Waals surface area (Å²) in [6.45, 7) is 0. The van der Waals surface area contributed by atoms with E-state index in [9.17, 15) is 4.21 Å². The van der Waals surface area contributed by atoms with Gasteiger partial charge in [-0.05, 0) is 29.5 Å². The minimum Gasteiger partial charge on any atom is -0.260 e. The maximum absolute atomic E-state index is 10.7. The van der Waals surface area contributed by atoms with Crippen LogP contribution in [0.3, 0.4) is 0 Å². The number of halogens is 5. The average Bonchev–Trinajstić information content (AvgIpc) is 2.52. The third-order valence-electron chi connectivity index (χ3n) is 2.26. The van der Waals surface area contributed by atoms with Crippen molar-refractivity contribution in [2.75, 3.05) is 12.5 Å². The molecule has 26 heavy (non-hydrogen) atoms. The summed E-state index contributed by atoms with van der Waals surface area (Å²) in [7, 11) is -0.806. The molecule has 0 fully saturated rings. The van der Waals surface area contributed by atoms with Crippen LogP contribution in [0.1, 0.15) is 11.1 Å². The molecule has 2 rings (SSSR count). The number of pyridine rings is 2. The van der Waals surface area contributed by atoms with Crippen molar-refractivity contribution in [1.82, 2.24) is 9.97 Å². The van der Waals surface area contributed by atoms with Gasteiger partial charge in [-0.3, -0.25) is 4.21 Å². The third-order valence-corrected chi connectivity index (χ3v) is 4.07. The summed E-state index contributed by atoms with van der Waals surface area (Å²) in [4.78, 5) is 7.81. The van der Waals surface area contributed by atoms with Gasteiger partial charge >= 0.3 is 0 Å². The molecular formula is C15H17BCl5N2OS2. The van der Waals surface area contributed by atoms with E-state index >= 15 is 0 Å². The van der Waals surface area contributed by atoms with Crippen LogP contribution in [0, 0.1) is 0 Å². The Bertz CT molecular complexity index is 616. The van der Waals surface area contributed by atoms with Crippen molar-refractivity contribution < 1.29 is 4.21 Å². The fourth-order valence-electron chi connectivity index (χ4n) is 1.39. The second kappa shape index (κ2) is 17.4. The Morgan fingerprint density at radius 3 is 1.73 bits per heavy atom. The van der Waals surface area contributed by atoms with Crippen molar-refractivity contribution in [2.45, 2.75) is 15.8 Å². The summed E-state index contributed by atoms with van der Waals surface area (Å²) in [5.74, 6) is 1.55.